The fourth-order valence-electron chi connectivity index (χ4n) is 3.13. The van der Waals surface area contributed by atoms with E-state index in [4.69, 9.17) is 4.99 Å². The molecule has 0 spiro atoms. The molecule has 3 heteroatoms. The second kappa shape index (κ2) is 6.39. The van der Waals surface area contributed by atoms with Gasteiger partial charge in [-0.15, -0.1) is 11.3 Å². The molecular formula is C20H18N2S. The van der Waals surface area contributed by atoms with Gasteiger partial charge in [0, 0.05) is 12.2 Å². The molecule has 2 heterocycles. The molecule has 0 radical (unpaired) electrons. The summed E-state index contributed by atoms with van der Waals surface area (Å²) in [6.45, 7) is 0.871. The highest BCUT2D eigenvalue weighted by molar-refractivity contribution is 7.12. The summed E-state index contributed by atoms with van der Waals surface area (Å²) in [5.41, 5.74) is 2.55. The third-order valence-corrected chi connectivity index (χ3v) is 5.03. The van der Waals surface area contributed by atoms with E-state index in [1.807, 2.05) is 0 Å². The van der Waals surface area contributed by atoms with Crippen LogP contribution in [0, 0.1) is 0 Å². The second-order valence-corrected chi connectivity index (χ2v) is 6.55. The zero-order valence-corrected chi connectivity index (χ0v) is 13.6. The monoisotopic (exact) mass is 318 g/mol. The van der Waals surface area contributed by atoms with Crippen LogP contribution >= 0.6 is 11.3 Å². The summed E-state index contributed by atoms with van der Waals surface area (Å²) in [7, 11) is 0. The van der Waals surface area contributed by atoms with Crippen molar-refractivity contribution in [1.82, 2.24) is 0 Å². The highest BCUT2D eigenvalue weighted by atomic mass is 32.1. The van der Waals surface area contributed by atoms with Crippen molar-refractivity contribution in [3.05, 3.63) is 88.6 Å². The van der Waals surface area contributed by atoms with Gasteiger partial charge >= 0.3 is 0 Å². The standard InChI is InChI=1S/C20H18N2S/c1-3-8-16(9-4-1)18-13-14-21-20(19-12-7-15-23-19)22(18)17-10-5-2-6-11-17/h1-12,15,18H,13-14H2. The van der Waals surface area contributed by atoms with Crippen molar-refractivity contribution in [2.45, 2.75) is 12.5 Å². The Kier molecular flexibility index (Phi) is 3.95. The lowest BCUT2D eigenvalue weighted by Gasteiger charge is -2.37. The Morgan fingerprint density at radius 2 is 1.61 bits per heavy atom. The highest BCUT2D eigenvalue weighted by Crippen LogP contribution is 2.35. The van der Waals surface area contributed by atoms with Crippen molar-refractivity contribution in [1.29, 1.82) is 0 Å². The summed E-state index contributed by atoms with van der Waals surface area (Å²) in [6.07, 6.45) is 1.04. The van der Waals surface area contributed by atoms with Crippen LogP contribution in [0.4, 0.5) is 5.69 Å². The number of rotatable bonds is 3. The lowest BCUT2D eigenvalue weighted by molar-refractivity contribution is 0.626. The molecule has 1 atom stereocenters. The SMILES string of the molecule is c1ccc(C2CCN=C(c3cccs3)N2c2ccccc2)cc1. The molecule has 1 unspecified atom stereocenters. The fourth-order valence-corrected chi connectivity index (χ4v) is 3.86. The maximum absolute atomic E-state index is 4.86. The predicted molar refractivity (Wildman–Crippen MR) is 98.4 cm³/mol. The van der Waals surface area contributed by atoms with Crippen LogP contribution in [0.15, 0.2) is 83.2 Å². The van der Waals surface area contributed by atoms with Crippen molar-refractivity contribution >= 4 is 22.9 Å². The molecule has 3 aromatic rings. The molecule has 0 saturated carbocycles. The van der Waals surface area contributed by atoms with Gasteiger partial charge in [-0.25, -0.2) is 0 Å². The Balaban J connectivity index is 1.82. The van der Waals surface area contributed by atoms with Crippen molar-refractivity contribution in [2.75, 3.05) is 11.4 Å². The van der Waals surface area contributed by atoms with E-state index in [-0.39, 0.29) is 0 Å². The minimum absolute atomic E-state index is 0.327. The molecular weight excluding hydrogens is 300 g/mol. The van der Waals surface area contributed by atoms with Crippen LogP contribution in [0.2, 0.25) is 0 Å². The van der Waals surface area contributed by atoms with Crippen molar-refractivity contribution in [3.63, 3.8) is 0 Å². The van der Waals surface area contributed by atoms with Gasteiger partial charge in [0.15, 0.2) is 0 Å². The topological polar surface area (TPSA) is 15.6 Å². The molecule has 0 fully saturated rings. The number of para-hydroxylation sites is 1. The quantitative estimate of drug-likeness (QED) is 0.652. The average molecular weight is 318 g/mol. The van der Waals surface area contributed by atoms with E-state index in [9.17, 15) is 0 Å². The number of hydrogen-bond donors (Lipinski definition) is 0. The number of amidine groups is 1. The summed E-state index contributed by atoms with van der Waals surface area (Å²) in [6, 6.07) is 25.9. The van der Waals surface area contributed by atoms with Gasteiger partial charge in [0.1, 0.15) is 5.84 Å². The van der Waals surface area contributed by atoms with E-state index in [2.05, 4.69) is 83.1 Å². The first kappa shape index (κ1) is 14.2. The summed E-state index contributed by atoms with van der Waals surface area (Å²) in [4.78, 5) is 8.48. The zero-order chi connectivity index (χ0) is 15.5. The molecule has 1 aliphatic rings. The van der Waals surface area contributed by atoms with Crippen LogP contribution in [0.3, 0.4) is 0 Å². The molecule has 0 amide bonds. The number of benzene rings is 2. The highest BCUT2D eigenvalue weighted by Gasteiger charge is 2.29. The summed E-state index contributed by atoms with van der Waals surface area (Å²) in [5, 5.41) is 2.12. The molecule has 23 heavy (non-hydrogen) atoms. The molecule has 0 saturated heterocycles. The van der Waals surface area contributed by atoms with Crippen molar-refractivity contribution in [2.24, 2.45) is 4.99 Å². The van der Waals surface area contributed by atoms with Gasteiger partial charge in [-0.2, -0.15) is 0 Å². The van der Waals surface area contributed by atoms with E-state index in [0.717, 1.165) is 18.8 Å². The lowest BCUT2D eigenvalue weighted by atomic mass is 9.99. The minimum atomic E-state index is 0.327. The predicted octanol–water partition coefficient (Wildman–Crippen LogP) is 5.15. The molecule has 1 aromatic heterocycles. The summed E-state index contributed by atoms with van der Waals surface area (Å²) in [5.74, 6) is 1.09. The van der Waals surface area contributed by atoms with E-state index in [1.54, 1.807) is 11.3 Å². The molecule has 4 rings (SSSR count). The van der Waals surface area contributed by atoms with E-state index < -0.39 is 0 Å². The van der Waals surface area contributed by atoms with Gasteiger partial charge in [-0.1, -0.05) is 54.6 Å². The summed E-state index contributed by atoms with van der Waals surface area (Å²) >= 11 is 1.75. The first-order valence-electron chi connectivity index (χ1n) is 7.91. The van der Waals surface area contributed by atoms with Gasteiger partial charge in [0.2, 0.25) is 0 Å². The number of hydrogen-bond acceptors (Lipinski definition) is 3. The van der Waals surface area contributed by atoms with Crippen LogP contribution in [0.5, 0.6) is 0 Å². The maximum Gasteiger partial charge on any atom is 0.146 e. The molecule has 114 valence electrons. The van der Waals surface area contributed by atoms with E-state index in [0.29, 0.717) is 6.04 Å². The summed E-state index contributed by atoms with van der Waals surface area (Å²) < 4.78 is 0. The normalized spacial score (nSPS) is 17.8. The number of nitrogens with zero attached hydrogens (tertiary/aromatic N) is 2. The lowest BCUT2D eigenvalue weighted by Crippen LogP contribution is -2.38. The van der Waals surface area contributed by atoms with Crippen LogP contribution in [-0.4, -0.2) is 12.4 Å². The van der Waals surface area contributed by atoms with Crippen LogP contribution in [-0.2, 0) is 0 Å². The molecule has 0 bridgehead atoms. The third kappa shape index (κ3) is 2.80. The first-order chi connectivity index (χ1) is 11.4. The number of thiophene rings is 1. The van der Waals surface area contributed by atoms with Crippen molar-refractivity contribution < 1.29 is 0 Å². The Hall–Kier alpha value is -2.39. The Morgan fingerprint density at radius 3 is 2.30 bits per heavy atom. The van der Waals surface area contributed by atoms with Gasteiger partial charge in [0.25, 0.3) is 0 Å². The van der Waals surface area contributed by atoms with Gasteiger partial charge < -0.3 is 4.90 Å². The molecule has 0 N–H and O–H groups in total. The van der Waals surface area contributed by atoms with Gasteiger partial charge in [-0.05, 0) is 35.6 Å². The van der Waals surface area contributed by atoms with Crippen molar-refractivity contribution in [3.8, 4) is 0 Å². The average Bonchev–Trinajstić information content (AvgIpc) is 3.17. The first-order valence-corrected chi connectivity index (χ1v) is 8.79. The third-order valence-electron chi connectivity index (χ3n) is 4.16. The maximum atomic E-state index is 4.86. The van der Waals surface area contributed by atoms with Gasteiger partial charge in [-0.3, -0.25) is 4.99 Å². The number of anilines is 1. The fraction of sp³-hybridized carbons (Fsp3) is 0.150. The second-order valence-electron chi connectivity index (χ2n) is 5.60. The smallest absolute Gasteiger partial charge is 0.146 e. The Labute approximate surface area is 140 Å². The Bertz CT molecular complexity index is 779. The minimum Gasteiger partial charge on any atom is -0.318 e. The van der Waals surface area contributed by atoms with E-state index in [1.165, 1.54) is 16.1 Å². The number of aliphatic imine (C=N–C) groups is 1. The van der Waals surface area contributed by atoms with E-state index >= 15 is 0 Å². The molecule has 1 aliphatic heterocycles. The Morgan fingerprint density at radius 1 is 0.870 bits per heavy atom. The molecule has 2 nitrogen and oxygen atoms in total. The largest absolute Gasteiger partial charge is 0.318 e. The zero-order valence-electron chi connectivity index (χ0n) is 12.8. The molecule has 2 aromatic carbocycles. The van der Waals surface area contributed by atoms with Gasteiger partial charge in [0.05, 0.1) is 10.9 Å². The van der Waals surface area contributed by atoms with Crippen LogP contribution < -0.4 is 4.90 Å². The van der Waals surface area contributed by atoms with Crippen LogP contribution in [0.1, 0.15) is 22.9 Å². The van der Waals surface area contributed by atoms with Crippen LogP contribution in [0.25, 0.3) is 0 Å². The molecule has 0 aliphatic carbocycles.